The number of nitrogens with two attached hydrogens (primary N) is 1. The minimum absolute atomic E-state index is 0.00855. The zero-order valence-corrected chi connectivity index (χ0v) is 13.0. The van der Waals surface area contributed by atoms with E-state index in [9.17, 15) is 0 Å². The van der Waals surface area contributed by atoms with Gasteiger partial charge in [-0.3, -0.25) is 5.41 Å². The molecule has 2 aromatic carbocycles. The maximum Gasteiger partial charge on any atom is 0.122 e. The van der Waals surface area contributed by atoms with Gasteiger partial charge in [-0.2, -0.15) is 0 Å². The van der Waals surface area contributed by atoms with Crippen molar-refractivity contribution in [2.45, 2.75) is 13.2 Å². The highest BCUT2D eigenvalue weighted by Crippen LogP contribution is 2.19. The van der Waals surface area contributed by atoms with E-state index < -0.39 is 0 Å². The second-order valence-electron chi connectivity index (χ2n) is 4.34. The van der Waals surface area contributed by atoms with Gasteiger partial charge in [0.2, 0.25) is 0 Å². The van der Waals surface area contributed by atoms with Gasteiger partial charge in [-0.05, 0) is 29.3 Å². The minimum Gasteiger partial charge on any atom is -0.384 e. The number of halogens is 2. The number of hydrogen-bond donors (Lipinski definition) is 2. The fourth-order valence-corrected chi connectivity index (χ4v) is 2.19. The van der Waals surface area contributed by atoms with Crippen LogP contribution in [0.4, 0.5) is 0 Å². The standard InChI is InChI=1S/C15H14BrClN2O/c16-13-5-1-10(2-6-13)8-20-9-12-4-3-11(15(18)19)7-14(12)17/h1-7H,8-9H2,(H3,18,19). The zero-order valence-electron chi connectivity index (χ0n) is 10.7. The maximum absolute atomic E-state index is 7.35. The first kappa shape index (κ1) is 15.0. The third-order valence-electron chi connectivity index (χ3n) is 2.80. The summed E-state index contributed by atoms with van der Waals surface area (Å²) < 4.78 is 6.69. The molecule has 0 unspecified atom stereocenters. The first-order valence-corrected chi connectivity index (χ1v) is 7.18. The van der Waals surface area contributed by atoms with Gasteiger partial charge in [0.1, 0.15) is 5.84 Å². The summed E-state index contributed by atoms with van der Waals surface area (Å²) in [7, 11) is 0. The minimum atomic E-state index is 0.00855. The van der Waals surface area contributed by atoms with Gasteiger partial charge < -0.3 is 10.5 Å². The van der Waals surface area contributed by atoms with Crippen LogP contribution in [0.5, 0.6) is 0 Å². The van der Waals surface area contributed by atoms with Gasteiger partial charge in [-0.25, -0.2) is 0 Å². The summed E-state index contributed by atoms with van der Waals surface area (Å²) in [5.74, 6) is 0.00855. The quantitative estimate of drug-likeness (QED) is 0.628. The van der Waals surface area contributed by atoms with E-state index in [2.05, 4.69) is 15.9 Å². The van der Waals surface area contributed by atoms with Gasteiger partial charge in [-0.1, -0.05) is 51.8 Å². The van der Waals surface area contributed by atoms with Crippen molar-refractivity contribution in [1.29, 1.82) is 5.41 Å². The summed E-state index contributed by atoms with van der Waals surface area (Å²) in [6.07, 6.45) is 0. The van der Waals surface area contributed by atoms with E-state index in [1.807, 2.05) is 30.3 Å². The number of hydrogen-bond acceptors (Lipinski definition) is 2. The molecule has 2 aromatic rings. The van der Waals surface area contributed by atoms with E-state index >= 15 is 0 Å². The molecule has 0 aliphatic rings. The smallest absolute Gasteiger partial charge is 0.122 e. The third-order valence-corrected chi connectivity index (χ3v) is 3.68. The number of nitrogens with one attached hydrogen (secondary N) is 1. The Labute approximate surface area is 131 Å². The number of ether oxygens (including phenoxy) is 1. The van der Waals surface area contributed by atoms with Crippen LogP contribution in [0.25, 0.3) is 0 Å². The summed E-state index contributed by atoms with van der Waals surface area (Å²) in [6, 6.07) is 13.3. The number of rotatable bonds is 5. The Morgan fingerprint density at radius 2 is 1.85 bits per heavy atom. The second kappa shape index (κ2) is 6.88. The summed E-state index contributed by atoms with van der Waals surface area (Å²) in [5, 5.41) is 7.92. The van der Waals surface area contributed by atoms with E-state index in [1.165, 1.54) is 0 Å². The van der Waals surface area contributed by atoms with Gasteiger partial charge in [0.25, 0.3) is 0 Å². The van der Waals surface area contributed by atoms with Crippen molar-refractivity contribution in [3.8, 4) is 0 Å². The molecule has 5 heteroatoms. The molecule has 0 aliphatic carbocycles. The lowest BCUT2D eigenvalue weighted by molar-refractivity contribution is 0.107. The van der Waals surface area contributed by atoms with Gasteiger partial charge >= 0.3 is 0 Å². The van der Waals surface area contributed by atoms with E-state index in [0.717, 1.165) is 15.6 Å². The lowest BCUT2D eigenvalue weighted by atomic mass is 10.1. The van der Waals surface area contributed by atoms with Crippen LogP contribution in [0.1, 0.15) is 16.7 Å². The molecule has 0 fully saturated rings. The van der Waals surface area contributed by atoms with Crippen molar-refractivity contribution in [1.82, 2.24) is 0 Å². The van der Waals surface area contributed by atoms with E-state index in [4.69, 9.17) is 27.5 Å². The van der Waals surface area contributed by atoms with Crippen LogP contribution >= 0.6 is 27.5 Å². The number of amidine groups is 1. The molecule has 0 saturated heterocycles. The highest BCUT2D eigenvalue weighted by Gasteiger charge is 2.04. The molecule has 3 nitrogen and oxygen atoms in total. The highest BCUT2D eigenvalue weighted by molar-refractivity contribution is 9.10. The van der Waals surface area contributed by atoms with Gasteiger partial charge in [0, 0.05) is 15.1 Å². The van der Waals surface area contributed by atoms with Crippen LogP contribution in [0, 0.1) is 5.41 Å². The Morgan fingerprint density at radius 1 is 1.15 bits per heavy atom. The Hall–Kier alpha value is -1.36. The van der Waals surface area contributed by atoms with Crippen LogP contribution in [0.15, 0.2) is 46.9 Å². The largest absolute Gasteiger partial charge is 0.384 e. The molecule has 0 radical (unpaired) electrons. The van der Waals surface area contributed by atoms with Crippen LogP contribution in [-0.2, 0) is 18.0 Å². The van der Waals surface area contributed by atoms with Crippen molar-refractivity contribution < 1.29 is 4.74 Å². The predicted octanol–water partition coefficient (Wildman–Crippen LogP) is 4.10. The normalized spacial score (nSPS) is 10.5. The molecule has 3 N–H and O–H groups in total. The lowest BCUT2D eigenvalue weighted by Crippen LogP contribution is -2.11. The Morgan fingerprint density at radius 3 is 2.45 bits per heavy atom. The van der Waals surface area contributed by atoms with Crippen molar-refractivity contribution >= 4 is 33.4 Å². The summed E-state index contributed by atoms with van der Waals surface area (Å²) in [5.41, 5.74) is 8.01. The Bertz CT molecular complexity index is 614. The van der Waals surface area contributed by atoms with Crippen molar-refractivity contribution in [3.05, 3.63) is 68.7 Å². The topological polar surface area (TPSA) is 59.1 Å². The van der Waals surface area contributed by atoms with Crippen molar-refractivity contribution in [3.63, 3.8) is 0 Å². The first-order valence-electron chi connectivity index (χ1n) is 6.01. The van der Waals surface area contributed by atoms with E-state index in [1.54, 1.807) is 12.1 Å². The number of benzene rings is 2. The molecule has 0 heterocycles. The summed E-state index contributed by atoms with van der Waals surface area (Å²) in [4.78, 5) is 0. The van der Waals surface area contributed by atoms with E-state index in [-0.39, 0.29) is 5.84 Å². The zero-order chi connectivity index (χ0) is 14.5. The molecule has 104 valence electrons. The third kappa shape index (κ3) is 4.07. The first-order chi connectivity index (χ1) is 9.56. The Kier molecular flexibility index (Phi) is 5.17. The molecule has 2 rings (SSSR count). The molecule has 0 aliphatic heterocycles. The van der Waals surface area contributed by atoms with Crippen molar-refractivity contribution in [2.75, 3.05) is 0 Å². The second-order valence-corrected chi connectivity index (χ2v) is 5.66. The highest BCUT2D eigenvalue weighted by atomic mass is 79.9. The fourth-order valence-electron chi connectivity index (χ4n) is 1.69. The predicted molar refractivity (Wildman–Crippen MR) is 85.1 cm³/mol. The van der Waals surface area contributed by atoms with Crippen LogP contribution < -0.4 is 5.73 Å². The fraction of sp³-hybridized carbons (Fsp3) is 0.133. The molecule has 0 saturated carbocycles. The molecular formula is C15H14BrClN2O. The summed E-state index contributed by atoms with van der Waals surface area (Å²) in [6.45, 7) is 0.950. The van der Waals surface area contributed by atoms with Crippen molar-refractivity contribution in [2.24, 2.45) is 5.73 Å². The summed E-state index contributed by atoms with van der Waals surface area (Å²) >= 11 is 9.53. The molecule has 0 bridgehead atoms. The van der Waals surface area contributed by atoms with Gasteiger partial charge in [0.05, 0.1) is 13.2 Å². The molecule has 0 aromatic heterocycles. The molecule has 0 atom stereocenters. The average Bonchev–Trinajstić information content (AvgIpc) is 2.42. The van der Waals surface area contributed by atoms with Crippen LogP contribution in [-0.4, -0.2) is 5.84 Å². The van der Waals surface area contributed by atoms with Gasteiger partial charge in [0.15, 0.2) is 0 Å². The molecular weight excluding hydrogens is 340 g/mol. The molecule has 0 amide bonds. The monoisotopic (exact) mass is 352 g/mol. The van der Waals surface area contributed by atoms with Gasteiger partial charge in [-0.15, -0.1) is 0 Å². The maximum atomic E-state index is 7.35. The molecule has 20 heavy (non-hydrogen) atoms. The van der Waals surface area contributed by atoms with E-state index in [0.29, 0.717) is 23.8 Å². The number of nitrogen functional groups attached to an aromatic ring is 1. The lowest BCUT2D eigenvalue weighted by Gasteiger charge is -2.08. The molecule has 0 spiro atoms. The van der Waals surface area contributed by atoms with Crippen LogP contribution in [0.2, 0.25) is 5.02 Å². The Balaban J connectivity index is 1.94. The average molecular weight is 354 g/mol. The SMILES string of the molecule is N=C(N)c1ccc(COCc2ccc(Br)cc2)c(Cl)c1. The van der Waals surface area contributed by atoms with Crippen LogP contribution in [0.3, 0.4) is 0 Å².